The van der Waals surface area contributed by atoms with Crippen molar-refractivity contribution in [1.82, 2.24) is 24.1 Å². The Morgan fingerprint density at radius 1 is 1.19 bits per heavy atom. The second-order valence-corrected chi connectivity index (χ2v) is 8.72. The molecule has 0 N–H and O–H groups in total. The van der Waals surface area contributed by atoms with Gasteiger partial charge in [0.1, 0.15) is 5.82 Å². The van der Waals surface area contributed by atoms with E-state index in [2.05, 4.69) is 54.4 Å². The third-order valence-corrected chi connectivity index (χ3v) is 5.50. The molecule has 0 aliphatic carbocycles. The van der Waals surface area contributed by atoms with Gasteiger partial charge in [-0.2, -0.15) is 5.10 Å². The number of carbonyl (C=O) groups excluding carboxylic acids is 1. The Bertz CT molecular complexity index is 799. The predicted molar refractivity (Wildman–Crippen MR) is 101 cm³/mol. The van der Waals surface area contributed by atoms with E-state index in [1.54, 1.807) is 0 Å². The first kappa shape index (κ1) is 17.3. The molecule has 0 saturated carbocycles. The largest absolute Gasteiger partial charge is 0.332 e. The van der Waals surface area contributed by atoms with Gasteiger partial charge in [-0.3, -0.25) is 4.79 Å². The summed E-state index contributed by atoms with van der Waals surface area (Å²) in [5.74, 6) is 1.51. The van der Waals surface area contributed by atoms with Crippen LogP contribution in [-0.4, -0.2) is 50.2 Å². The zero-order chi connectivity index (χ0) is 18.5. The molecule has 4 heterocycles. The van der Waals surface area contributed by atoms with Crippen LogP contribution in [-0.2, 0) is 23.4 Å². The smallest absolute Gasteiger partial charge is 0.227 e. The summed E-state index contributed by atoms with van der Waals surface area (Å²) >= 11 is 0. The van der Waals surface area contributed by atoms with Crippen LogP contribution < -0.4 is 0 Å². The van der Waals surface area contributed by atoms with Crippen LogP contribution in [0.4, 0.5) is 0 Å². The summed E-state index contributed by atoms with van der Waals surface area (Å²) in [4.78, 5) is 17.3. The number of rotatable bonds is 2. The molecule has 1 fully saturated rings. The topological polar surface area (TPSA) is 46.3 Å². The highest BCUT2D eigenvalue weighted by molar-refractivity contribution is 5.80. The molecule has 1 saturated heterocycles. The summed E-state index contributed by atoms with van der Waals surface area (Å²) in [5, 5.41) is 4.90. The molecule has 4 rings (SSSR count). The number of aromatic nitrogens is 3. The van der Waals surface area contributed by atoms with E-state index < -0.39 is 0 Å². The van der Waals surface area contributed by atoms with Gasteiger partial charge in [0, 0.05) is 24.5 Å². The third-order valence-electron chi connectivity index (χ3n) is 5.50. The van der Waals surface area contributed by atoms with E-state index >= 15 is 0 Å². The molecular weight excluding hydrogens is 326 g/mol. The first-order chi connectivity index (χ1) is 12.3. The summed E-state index contributed by atoms with van der Waals surface area (Å²) in [7, 11) is 2.11. The molecule has 140 valence electrons. The molecule has 0 spiro atoms. The molecule has 2 aliphatic heterocycles. The highest BCUT2D eigenvalue weighted by Gasteiger charge is 2.36. The predicted octanol–water partition coefficient (Wildman–Crippen LogP) is 2.61. The van der Waals surface area contributed by atoms with Crippen molar-refractivity contribution in [3.63, 3.8) is 0 Å². The Hall–Kier alpha value is -2.08. The summed E-state index contributed by atoms with van der Waals surface area (Å²) in [6.45, 7) is 9.78. The molecule has 1 atom stereocenters. The zero-order valence-electron chi connectivity index (χ0n) is 16.3. The fourth-order valence-corrected chi connectivity index (χ4v) is 4.19. The zero-order valence-corrected chi connectivity index (χ0v) is 16.3. The van der Waals surface area contributed by atoms with Gasteiger partial charge in [-0.15, -0.1) is 0 Å². The van der Waals surface area contributed by atoms with Crippen LogP contribution in [0.3, 0.4) is 0 Å². The average Bonchev–Trinajstić information content (AvgIpc) is 3.28. The van der Waals surface area contributed by atoms with Crippen molar-refractivity contribution in [1.29, 1.82) is 0 Å². The fraction of sp³-hybridized carbons (Fsp3) is 0.600. The van der Waals surface area contributed by atoms with Gasteiger partial charge in [0.25, 0.3) is 0 Å². The number of nitrogens with zero attached hydrogens (tertiary/aromatic N) is 5. The molecular formula is C20H29N5O. The highest BCUT2D eigenvalue weighted by atomic mass is 16.2. The summed E-state index contributed by atoms with van der Waals surface area (Å²) in [5.41, 5.74) is 2.12. The molecule has 1 amide bonds. The maximum Gasteiger partial charge on any atom is 0.227 e. The summed E-state index contributed by atoms with van der Waals surface area (Å²) in [6, 6.07) is 4.06. The first-order valence-electron chi connectivity index (χ1n) is 9.56. The molecule has 2 aromatic rings. The first-order valence-corrected chi connectivity index (χ1v) is 9.56. The van der Waals surface area contributed by atoms with E-state index in [-0.39, 0.29) is 17.4 Å². The van der Waals surface area contributed by atoms with Crippen molar-refractivity contribution in [2.24, 2.45) is 5.92 Å². The fourth-order valence-electron chi connectivity index (χ4n) is 4.19. The lowest BCUT2D eigenvalue weighted by Gasteiger charge is -2.31. The van der Waals surface area contributed by atoms with Crippen LogP contribution in [0.5, 0.6) is 0 Å². The second kappa shape index (κ2) is 6.27. The van der Waals surface area contributed by atoms with Gasteiger partial charge in [0.2, 0.25) is 5.91 Å². The maximum absolute atomic E-state index is 13.0. The van der Waals surface area contributed by atoms with E-state index in [1.807, 2.05) is 17.0 Å². The van der Waals surface area contributed by atoms with Gasteiger partial charge in [-0.1, -0.05) is 0 Å². The van der Waals surface area contributed by atoms with Crippen molar-refractivity contribution < 1.29 is 4.79 Å². The van der Waals surface area contributed by atoms with Crippen molar-refractivity contribution in [2.45, 2.75) is 52.2 Å². The quantitative estimate of drug-likeness (QED) is 0.832. The summed E-state index contributed by atoms with van der Waals surface area (Å²) < 4.78 is 4.23. The Morgan fingerprint density at radius 2 is 1.92 bits per heavy atom. The SMILES string of the molecule is CN1CCCC(C(=O)N2Cc3nn(C(C)(C)C)c(-n4cccc4)c3C2)C1. The minimum absolute atomic E-state index is 0.106. The lowest BCUT2D eigenvalue weighted by molar-refractivity contribution is -0.137. The van der Waals surface area contributed by atoms with Gasteiger partial charge in [0.05, 0.1) is 30.2 Å². The van der Waals surface area contributed by atoms with Gasteiger partial charge >= 0.3 is 0 Å². The highest BCUT2D eigenvalue weighted by Crippen LogP contribution is 2.33. The van der Waals surface area contributed by atoms with Crippen LogP contribution in [0, 0.1) is 5.92 Å². The normalized spacial score (nSPS) is 21.2. The number of likely N-dealkylation sites (tertiary alicyclic amines) is 1. The second-order valence-electron chi connectivity index (χ2n) is 8.72. The van der Waals surface area contributed by atoms with Crippen LogP contribution >= 0.6 is 0 Å². The standard InChI is InChI=1S/C20H29N5O/c1-20(2,3)25-18(23-10-5-6-11-23)16-13-24(14-17(16)21-25)19(26)15-8-7-9-22(4)12-15/h5-6,10-11,15H,7-9,12-14H2,1-4H3. The monoisotopic (exact) mass is 355 g/mol. The molecule has 26 heavy (non-hydrogen) atoms. The Balaban J connectivity index is 1.63. The Labute approximate surface area is 155 Å². The van der Waals surface area contributed by atoms with E-state index in [1.165, 1.54) is 5.56 Å². The van der Waals surface area contributed by atoms with E-state index in [0.29, 0.717) is 13.1 Å². The van der Waals surface area contributed by atoms with Gasteiger partial charge in [0.15, 0.2) is 0 Å². The average molecular weight is 355 g/mol. The molecule has 6 nitrogen and oxygen atoms in total. The van der Waals surface area contributed by atoms with Crippen LogP contribution in [0.1, 0.15) is 44.9 Å². The number of fused-ring (bicyclic) bond motifs is 1. The number of hydrogen-bond donors (Lipinski definition) is 0. The van der Waals surface area contributed by atoms with Crippen molar-refractivity contribution in [2.75, 3.05) is 20.1 Å². The molecule has 0 bridgehead atoms. The molecule has 0 aromatic carbocycles. The van der Waals surface area contributed by atoms with Crippen molar-refractivity contribution in [3.05, 3.63) is 35.8 Å². The van der Waals surface area contributed by atoms with Crippen LogP contribution in [0.2, 0.25) is 0 Å². The number of carbonyl (C=O) groups is 1. The van der Waals surface area contributed by atoms with Crippen LogP contribution in [0.25, 0.3) is 5.82 Å². The molecule has 0 radical (unpaired) electrons. The van der Waals surface area contributed by atoms with Gasteiger partial charge < -0.3 is 14.4 Å². The van der Waals surface area contributed by atoms with E-state index in [0.717, 1.165) is 37.4 Å². The molecule has 2 aliphatic rings. The van der Waals surface area contributed by atoms with Gasteiger partial charge in [-0.25, -0.2) is 4.68 Å². The van der Waals surface area contributed by atoms with E-state index in [9.17, 15) is 4.79 Å². The number of piperidine rings is 1. The lowest BCUT2D eigenvalue weighted by atomic mass is 9.97. The number of hydrogen-bond acceptors (Lipinski definition) is 3. The maximum atomic E-state index is 13.0. The number of amides is 1. The van der Waals surface area contributed by atoms with Crippen molar-refractivity contribution >= 4 is 5.91 Å². The van der Waals surface area contributed by atoms with Crippen LogP contribution in [0.15, 0.2) is 24.5 Å². The van der Waals surface area contributed by atoms with Crippen molar-refractivity contribution in [3.8, 4) is 5.82 Å². The third kappa shape index (κ3) is 2.96. The Kier molecular flexibility index (Phi) is 4.18. The van der Waals surface area contributed by atoms with Gasteiger partial charge in [-0.05, 0) is 59.3 Å². The molecule has 2 aromatic heterocycles. The minimum atomic E-state index is -0.106. The Morgan fingerprint density at radius 3 is 2.58 bits per heavy atom. The van der Waals surface area contributed by atoms with E-state index in [4.69, 9.17) is 5.10 Å². The molecule has 1 unspecified atom stereocenters. The lowest BCUT2D eigenvalue weighted by Crippen LogP contribution is -2.42. The molecule has 6 heteroatoms. The summed E-state index contributed by atoms with van der Waals surface area (Å²) in [6.07, 6.45) is 6.22. The minimum Gasteiger partial charge on any atom is -0.332 e.